The lowest BCUT2D eigenvalue weighted by Gasteiger charge is -2.30. The summed E-state index contributed by atoms with van der Waals surface area (Å²) in [7, 11) is 4.47. The van der Waals surface area contributed by atoms with E-state index >= 15 is 0 Å². The van der Waals surface area contributed by atoms with Crippen molar-refractivity contribution in [3.63, 3.8) is 0 Å². The number of amides is 1. The summed E-state index contributed by atoms with van der Waals surface area (Å²) in [5, 5.41) is 2.73. The normalized spacial score (nSPS) is 14.8. The smallest absolute Gasteiger partial charge is 0.339 e. The minimum Gasteiger partial charge on any atom is -0.465 e. The van der Waals surface area contributed by atoms with Gasteiger partial charge in [0.2, 0.25) is 5.91 Å². The van der Waals surface area contributed by atoms with Crippen molar-refractivity contribution >= 4 is 23.5 Å². The molecule has 1 saturated carbocycles. The van der Waals surface area contributed by atoms with Crippen LogP contribution in [0, 0.1) is 0 Å². The van der Waals surface area contributed by atoms with E-state index in [2.05, 4.69) is 5.32 Å². The highest BCUT2D eigenvalue weighted by Gasteiger charge is 2.21. The average Bonchev–Trinajstić information content (AvgIpc) is 2.67. The second-order valence-electron chi connectivity index (χ2n) is 6.50. The molecule has 0 bridgehead atoms. The molecule has 1 aliphatic carbocycles. The van der Waals surface area contributed by atoms with Crippen LogP contribution in [0.2, 0.25) is 0 Å². The summed E-state index contributed by atoms with van der Waals surface area (Å²) in [5.41, 5.74) is 0.673. The highest BCUT2D eigenvalue weighted by Crippen LogP contribution is 2.22. The molecular formula is C19H26N2O5. The second-order valence-corrected chi connectivity index (χ2v) is 6.50. The van der Waals surface area contributed by atoms with Crippen molar-refractivity contribution in [1.82, 2.24) is 4.90 Å². The van der Waals surface area contributed by atoms with Crippen LogP contribution >= 0.6 is 0 Å². The molecule has 1 amide bonds. The number of likely N-dealkylation sites (N-methyl/N-ethyl adjacent to an activating group) is 1. The summed E-state index contributed by atoms with van der Waals surface area (Å²) in [6.45, 7) is 0.216. The lowest BCUT2D eigenvalue weighted by molar-refractivity contribution is -0.117. The molecule has 7 nitrogen and oxygen atoms in total. The van der Waals surface area contributed by atoms with Crippen LogP contribution in [0.5, 0.6) is 0 Å². The van der Waals surface area contributed by atoms with Crippen molar-refractivity contribution in [2.45, 2.75) is 38.1 Å². The van der Waals surface area contributed by atoms with Gasteiger partial charge in [-0.1, -0.05) is 19.3 Å². The SMILES string of the molecule is COC(=O)c1ccc(C(=O)OC)c(NC(=O)CN(C)C2CCCCC2)c1. The molecule has 26 heavy (non-hydrogen) atoms. The van der Waals surface area contributed by atoms with Crippen molar-refractivity contribution in [3.05, 3.63) is 29.3 Å². The molecule has 1 aromatic rings. The Labute approximate surface area is 153 Å². The molecule has 0 heterocycles. The highest BCUT2D eigenvalue weighted by molar-refractivity contribution is 6.03. The Kier molecular flexibility index (Phi) is 7.15. The molecule has 0 atom stereocenters. The zero-order valence-corrected chi connectivity index (χ0v) is 15.5. The van der Waals surface area contributed by atoms with Crippen molar-refractivity contribution in [2.24, 2.45) is 0 Å². The number of carbonyl (C=O) groups excluding carboxylic acids is 3. The van der Waals surface area contributed by atoms with Crippen LogP contribution in [0.4, 0.5) is 5.69 Å². The van der Waals surface area contributed by atoms with Gasteiger partial charge in [-0.3, -0.25) is 9.69 Å². The van der Waals surface area contributed by atoms with Crippen molar-refractivity contribution in [3.8, 4) is 0 Å². The van der Waals surface area contributed by atoms with Crippen LogP contribution < -0.4 is 5.32 Å². The Balaban J connectivity index is 2.13. The molecule has 0 aliphatic heterocycles. The maximum atomic E-state index is 12.5. The van der Waals surface area contributed by atoms with E-state index in [1.807, 2.05) is 11.9 Å². The second kappa shape index (κ2) is 9.33. The van der Waals surface area contributed by atoms with Crippen LogP contribution in [0.25, 0.3) is 0 Å². The summed E-state index contributed by atoms with van der Waals surface area (Å²) in [4.78, 5) is 38.2. The van der Waals surface area contributed by atoms with E-state index < -0.39 is 11.9 Å². The van der Waals surface area contributed by atoms with E-state index in [1.54, 1.807) is 0 Å². The van der Waals surface area contributed by atoms with Gasteiger partial charge in [0.05, 0.1) is 37.6 Å². The number of methoxy groups -OCH3 is 2. The zero-order chi connectivity index (χ0) is 19.1. The zero-order valence-electron chi connectivity index (χ0n) is 15.5. The molecule has 1 aliphatic rings. The van der Waals surface area contributed by atoms with Gasteiger partial charge in [-0.05, 0) is 38.1 Å². The quantitative estimate of drug-likeness (QED) is 0.783. The molecule has 142 valence electrons. The van der Waals surface area contributed by atoms with Gasteiger partial charge < -0.3 is 14.8 Å². The van der Waals surface area contributed by atoms with Gasteiger partial charge in [-0.2, -0.15) is 0 Å². The minimum atomic E-state index is -0.586. The molecule has 1 fully saturated rings. The predicted molar refractivity (Wildman–Crippen MR) is 97.3 cm³/mol. The van der Waals surface area contributed by atoms with Gasteiger partial charge in [0.25, 0.3) is 0 Å². The lowest BCUT2D eigenvalue weighted by atomic mass is 9.94. The number of esters is 2. The van der Waals surface area contributed by atoms with E-state index in [1.165, 1.54) is 51.7 Å². The van der Waals surface area contributed by atoms with Gasteiger partial charge in [-0.15, -0.1) is 0 Å². The van der Waals surface area contributed by atoms with Gasteiger partial charge in [0, 0.05) is 6.04 Å². The molecular weight excluding hydrogens is 336 g/mol. The largest absolute Gasteiger partial charge is 0.465 e. The average molecular weight is 362 g/mol. The number of nitrogens with one attached hydrogen (secondary N) is 1. The molecule has 1 N–H and O–H groups in total. The standard InChI is InChI=1S/C19H26N2O5/c1-21(14-7-5-4-6-8-14)12-17(22)20-16-11-13(18(23)25-2)9-10-15(16)19(24)26-3/h9-11,14H,4-8,12H2,1-3H3,(H,20,22). The third-order valence-electron chi connectivity index (χ3n) is 4.71. The monoisotopic (exact) mass is 362 g/mol. The van der Waals surface area contributed by atoms with Gasteiger partial charge in [0.1, 0.15) is 0 Å². The minimum absolute atomic E-state index is 0.189. The predicted octanol–water partition coefficient (Wildman–Crippen LogP) is 2.46. The molecule has 0 spiro atoms. The van der Waals surface area contributed by atoms with Crippen molar-refractivity contribution in [1.29, 1.82) is 0 Å². The number of rotatable bonds is 6. The van der Waals surface area contributed by atoms with E-state index in [4.69, 9.17) is 9.47 Å². The summed E-state index contributed by atoms with van der Waals surface area (Å²) in [6.07, 6.45) is 5.80. The van der Waals surface area contributed by atoms with Crippen molar-refractivity contribution < 1.29 is 23.9 Å². The van der Waals surface area contributed by atoms with Crippen LogP contribution in [0.3, 0.4) is 0 Å². The first kappa shape index (κ1) is 19.9. The van der Waals surface area contributed by atoms with E-state index in [0.717, 1.165) is 12.8 Å². The van der Waals surface area contributed by atoms with Crippen LogP contribution in [-0.2, 0) is 14.3 Å². The van der Waals surface area contributed by atoms with E-state index in [-0.39, 0.29) is 29.3 Å². The number of anilines is 1. The first-order chi connectivity index (χ1) is 12.5. The third-order valence-corrected chi connectivity index (χ3v) is 4.71. The van der Waals surface area contributed by atoms with Gasteiger partial charge in [0.15, 0.2) is 0 Å². The number of hydrogen-bond donors (Lipinski definition) is 1. The first-order valence-electron chi connectivity index (χ1n) is 8.77. The van der Waals surface area contributed by atoms with Crippen molar-refractivity contribution in [2.75, 3.05) is 33.1 Å². The lowest BCUT2D eigenvalue weighted by Crippen LogP contribution is -2.39. The summed E-state index contributed by atoms with van der Waals surface area (Å²) >= 11 is 0. The number of hydrogen-bond acceptors (Lipinski definition) is 6. The molecule has 0 unspecified atom stereocenters. The van der Waals surface area contributed by atoms with Crippen LogP contribution in [0.1, 0.15) is 52.8 Å². The fourth-order valence-electron chi connectivity index (χ4n) is 3.25. The Morgan fingerprint density at radius 1 is 1.08 bits per heavy atom. The Hall–Kier alpha value is -2.41. The summed E-state index contributed by atoms with van der Waals surface area (Å²) in [5.74, 6) is -1.38. The molecule has 0 aromatic heterocycles. The van der Waals surface area contributed by atoms with Crippen LogP contribution in [0.15, 0.2) is 18.2 Å². The maximum Gasteiger partial charge on any atom is 0.339 e. The molecule has 0 saturated heterocycles. The third kappa shape index (κ3) is 5.05. The van der Waals surface area contributed by atoms with E-state index in [0.29, 0.717) is 6.04 Å². The maximum absolute atomic E-state index is 12.5. The Morgan fingerprint density at radius 3 is 2.35 bits per heavy atom. The van der Waals surface area contributed by atoms with Gasteiger partial charge >= 0.3 is 11.9 Å². The Morgan fingerprint density at radius 2 is 1.73 bits per heavy atom. The molecule has 2 rings (SSSR count). The fraction of sp³-hybridized carbons (Fsp3) is 0.526. The first-order valence-corrected chi connectivity index (χ1v) is 8.77. The number of ether oxygens (including phenoxy) is 2. The Bertz CT molecular complexity index is 668. The molecule has 7 heteroatoms. The highest BCUT2D eigenvalue weighted by atomic mass is 16.5. The van der Waals surface area contributed by atoms with Crippen LogP contribution in [-0.4, -0.2) is 56.6 Å². The number of nitrogens with zero attached hydrogens (tertiary/aromatic N) is 1. The topological polar surface area (TPSA) is 84.9 Å². The van der Waals surface area contributed by atoms with E-state index in [9.17, 15) is 14.4 Å². The summed E-state index contributed by atoms with van der Waals surface area (Å²) < 4.78 is 9.44. The summed E-state index contributed by atoms with van der Waals surface area (Å²) in [6, 6.07) is 4.73. The number of carbonyl (C=O) groups is 3. The number of benzene rings is 1. The molecule has 1 aromatic carbocycles. The molecule has 0 radical (unpaired) electrons. The van der Waals surface area contributed by atoms with Gasteiger partial charge in [-0.25, -0.2) is 9.59 Å². The fourth-order valence-corrected chi connectivity index (χ4v) is 3.25.